The molecule has 12 nitrogen and oxygen atoms in total. The van der Waals surface area contributed by atoms with E-state index in [1.54, 1.807) is 13.8 Å². The number of carboxylic acids is 2. The standard InChI is InChI=1S/2C25H25NO5.Mg/c2*1-2-29-24(25(27)28)17-18-11-13-19(14-12-18)30-16-15-26-20-7-3-5-9-22(20)31-23-10-6-4-8-21(23)26;/h2*3-14,24H,2,15-17H2,1H3,(H,27,28);/q;;+2/p-2. The first-order valence-corrected chi connectivity index (χ1v) is 20.7. The minimum Gasteiger partial charge on any atom is -0.547 e. The third-order valence-corrected chi connectivity index (χ3v) is 10.2. The van der Waals surface area contributed by atoms with Crippen LogP contribution in [0.4, 0.5) is 22.7 Å². The van der Waals surface area contributed by atoms with Crippen molar-refractivity contribution in [1.82, 2.24) is 0 Å². The third-order valence-electron chi connectivity index (χ3n) is 10.2. The summed E-state index contributed by atoms with van der Waals surface area (Å²) in [6, 6.07) is 46.5. The van der Waals surface area contributed by atoms with Crippen molar-refractivity contribution in [2.75, 3.05) is 49.3 Å². The van der Waals surface area contributed by atoms with Crippen molar-refractivity contribution in [2.45, 2.75) is 38.9 Å². The van der Waals surface area contributed by atoms with Gasteiger partial charge in [0.2, 0.25) is 0 Å². The van der Waals surface area contributed by atoms with Gasteiger partial charge in [-0.1, -0.05) is 72.8 Å². The van der Waals surface area contributed by atoms with Crippen LogP contribution >= 0.6 is 0 Å². The second-order valence-electron chi connectivity index (χ2n) is 14.3. The molecule has 2 heterocycles. The molecule has 0 N–H and O–H groups in total. The van der Waals surface area contributed by atoms with E-state index in [0.717, 1.165) is 68.4 Å². The molecule has 63 heavy (non-hydrogen) atoms. The molecule has 8 rings (SSSR count). The molecule has 0 saturated carbocycles. The van der Waals surface area contributed by atoms with E-state index >= 15 is 0 Å². The molecule has 0 aliphatic carbocycles. The zero-order chi connectivity index (χ0) is 43.3. The van der Waals surface area contributed by atoms with E-state index in [9.17, 15) is 19.8 Å². The molecule has 2 aliphatic heterocycles. The number of rotatable bonds is 18. The van der Waals surface area contributed by atoms with Gasteiger partial charge in [-0.25, -0.2) is 0 Å². The number of benzene rings is 6. The van der Waals surface area contributed by atoms with Gasteiger partial charge in [-0.15, -0.1) is 0 Å². The van der Waals surface area contributed by atoms with Gasteiger partial charge in [0, 0.05) is 26.1 Å². The predicted octanol–water partition coefficient (Wildman–Crippen LogP) is 7.03. The average Bonchev–Trinajstić information content (AvgIpc) is 3.29. The minimum atomic E-state index is -1.20. The van der Waals surface area contributed by atoms with Crippen LogP contribution in [0.2, 0.25) is 0 Å². The van der Waals surface area contributed by atoms with Gasteiger partial charge < -0.3 is 58.0 Å². The number of carbonyl (C=O) groups excluding carboxylic acids is 2. The van der Waals surface area contributed by atoms with Crippen molar-refractivity contribution in [2.24, 2.45) is 0 Å². The van der Waals surface area contributed by atoms with E-state index in [4.69, 9.17) is 28.4 Å². The van der Waals surface area contributed by atoms with Crippen molar-refractivity contribution < 1.29 is 48.2 Å². The fourth-order valence-corrected chi connectivity index (χ4v) is 7.25. The Bertz CT molecular complexity index is 2150. The average molecular weight is 861 g/mol. The fourth-order valence-electron chi connectivity index (χ4n) is 7.25. The maximum atomic E-state index is 11.2. The van der Waals surface area contributed by atoms with Crippen LogP contribution in [0.15, 0.2) is 146 Å². The Morgan fingerprint density at radius 3 is 1.08 bits per heavy atom. The van der Waals surface area contributed by atoms with E-state index in [1.165, 1.54) is 0 Å². The summed E-state index contributed by atoms with van der Waals surface area (Å²) in [6.07, 6.45) is -1.37. The second-order valence-corrected chi connectivity index (χ2v) is 14.3. The molecule has 0 aromatic heterocycles. The summed E-state index contributed by atoms with van der Waals surface area (Å²) in [6.45, 7) is 6.43. The maximum Gasteiger partial charge on any atom is 2.00 e. The van der Waals surface area contributed by atoms with Gasteiger partial charge in [-0.05, 0) is 97.8 Å². The number of ether oxygens (including phenoxy) is 6. The number of aliphatic carboxylic acids is 2. The van der Waals surface area contributed by atoms with Crippen LogP contribution in [-0.4, -0.2) is 86.7 Å². The van der Waals surface area contributed by atoms with Crippen molar-refractivity contribution in [3.8, 4) is 34.5 Å². The SMILES string of the molecule is CCOC(Cc1ccc(OCCN2c3ccccc3Oc3ccccc32)cc1)C(=O)[O-].CCOC(Cc1ccc(OCCN2c3ccccc3Oc3ccccc32)cc1)C(=O)[O-].[Mg+2]. The number of anilines is 4. The monoisotopic (exact) mass is 860 g/mol. The molecule has 0 amide bonds. The summed E-state index contributed by atoms with van der Waals surface area (Å²) in [5.41, 5.74) is 5.72. The Balaban J connectivity index is 0.000000206. The summed E-state index contributed by atoms with van der Waals surface area (Å²) < 4.78 is 34.4. The van der Waals surface area contributed by atoms with Crippen LogP contribution in [0.5, 0.6) is 34.5 Å². The zero-order valence-corrected chi connectivity index (χ0v) is 36.8. The minimum absolute atomic E-state index is 0. The third kappa shape index (κ3) is 12.0. The van der Waals surface area contributed by atoms with E-state index in [-0.39, 0.29) is 35.9 Å². The van der Waals surface area contributed by atoms with E-state index in [2.05, 4.69) is 9.80 Å². The smallest absolute Gasteiger partial charge is 0.547 e. The van der Waals surface area contributed by atoms with Gasteiger partial charge in [0.1, 0.15) is 36.9 Å². The number of hydrogen-bond donors (Lipinski definition) is 0. The first-order chi connectivity index (χ1) is 30.3. The Labute approximate surface area is 383 Å². The van der Waals surface area contributed by atoms with Crippen LogP contribution in [0.3, 0.4) is 0 Å². The molecule has 2 atom stereocenters. The number of hydrogen-bond acceptors (Lipinski definition) is 12. The van der Waals surface area contributed by atoms with E-state index in [1.807, 2.05) is 146 Å². The number of fused-ring (bicyclic) bond motifs is 4. The van der Waals surface area contributed by atoms with Crippen LogP contribution in [0, 0.1) is 0 Å². The Hall–Kier alpha value is -6.25. The number of carboxylic acid groups (broad SMARTS) is 2. The summed E-state index contributed by atoms with van der Waals surface area (Å²) in [5.74, 6) is 2.33. The van der Waals surface area contributed by atoms with Gasteiger partial charge >= 0.3 is 23.1 Å². The molecule has 0 fully saturated rings. The van der Waals surface area contributed by atoms with Gasteiger partial charge in [0.05, 0.1) is 47.8 Å². The Morgan fingerprint density at radius 1 is 0.492 bits per heavy atom. The molecule has 0 spiro atoms. The van der Waals surface area contributed by atoms with Crippen LogP contribution < -0.4 is 39.0 Å². The van der Waals surface area contributed by atoms with Gasteiger partial charge in [0.15, 0.2) is 23.0 Å². The predicted molar refractivity (Wildman–Crippen MR) is 238 cm³/mol. The van der Waals surface area contributed by atoms with Crippen molar-refractivity contribution >= 4 is 57.7 Å². The molecular formula is C50H48MgN2O10. The Kier molecular flexibility index (Phi) is 16.7. The number of para-hydroxylation sites is 8. The number of carbonyl (C=O) groups is 2. The van der Waals surface area contributed by atoms with Crippen molar-refractivity contribution in [3.05, 3.63) is 157 Å². The topological polar surface area (TPSA) is 142 Å². The molecule has 6 aromatic rings. The molecule has 2 unspecified atom stereocenters. The first kappa shape index (κ1) is 46.3. The molecule has 6 aromatic carbocycles. The van der Waals surface area contributed by atoms with E-state index in [0.29, 0.717) is 39.5 Å². The Morgan fingerprint density at radius 2 is 0.794 bits per heavy atom. The molecule has 0 radical (unpaired) electrons. The van der Waals surface area contributed by atoms with E-state index < -0.39 is 24.1 Å². The number of nitrogens with zero attached hydrogens (tertiary/aromatic N) is 2. The molecular weight excluding hydrogens is 813 g/mol. The molecule has 0 saturated heterocycles. The van der Waals surface area contributed by atoms with Crippen LogP contribution in [0.25, 0.3) is 0 Å². The summed E-state index contributed by atoms with van der Waals surface area (Å²) in [5, 5.41) is 22.3. The second kappa shape index (κ2) is 22.7. The van der Waals surface area contributed by atoms with Crippen LogP contribution in [-0.2, 0) is 31.9 Å². The molecule has 0 bridgehead atoms. The quantitative estimate of drug-likeness (QED) is 0.0820. The normalized spacial score (nSPS) is 12.8. The summed E-state index contributed by atoms with van der Waals surface area (Å²) >= 11 is 0. The van der Waals surface area contributed by atoms with Gasteiger partial charge in [-0.3, -0.25) is 0 Å². The zero-order valence-electron chi connectivity index (χ0n) is 35.4. The maximum absolute atomic E-state index is 11.2. The van der Waals surface area contributed by atoms with Crippen LogP contribution in [0.1, 0.15) is 25.0 Å². The molecule has 13 heteroatoms. The van der Waals surface area contributed by atoms with Gasteiger partial charge in [-0.2, -0.15) is 0 Å². The van der Waals surface area contributed by atoms with Gasteiger partial charge in [0.25, 0.3) is 0 Å². The molecule has 2 aliphatic rings. The summed E-state index contributed by atoms with van der Waals surface area (Å²) in [7, 11) is 0. The molecule has 320 valence electrons. The fraction of sp³-hybridized carbons (Fsp3) is 0.240. The first-order valence-electron chi connectivity index (χ1n) is 20.7. The summed E-state index contributed by atoms with van der Waals surface area (Å²) in [4.78, 5) is 26.7. The van der Waals surface area contributed by atoms with Crippen molar-refractivity contribution in [1.29, 1.82) is 0 Å². The largest absolute Gasteiger partial charge is 2.00 e. The van der Waals surface area contributed by atoms with Crippen molar-refractivity contribution in [3.63, 3.8) is 0 Å².